The van der Waals surface area contributed by atoms with Crippen molar-refractivity contribution in [3.05, 3.63) is 50.6 Å². The van der Waals surface area contributed by atoms with E-state index in [0.29, 0.717) is 41.8 Å². The van der Waals surface area contributed by atoms with Gasteiger partial charge in [-0.15, -0.1) is 11.3 Å². The number of thiazole rings is 1. The van der Waals surface area contributed by atoms with Crippen molar-refractivity contribution in [2.75, 3.05) is 39.9 Å². The van der Waals surface area contributed by atoms with Crippen LogP contribution in [0.15, 0.2) is 24.3 Å². The van der Waals surface area contributed by atoms with Gasteiger partial charge in [0.15, 0.2) is 5.01 Å². The zero-order valence-electron chi connectivity index (χ0n) is 19.4. The lowest BCUT2D eigenvalue weighted by Crippen LogP contribution is -2.60. The van der Waals surface area contributed by atoms with Gasteiger partial charge < -0.3 is 20.5 Å². The second kappa shape index (κ2) is 10.2. The van der Waals surface area contributed by atoms with Gasteiger partial charge in [0.1, 0.15) is 12.4 Å². The number of nitrogens with one attached hydrogen (secondary N) is 3. The molecule has 0 bridgehead atoms. The summed E-state index contributed by atoms with van der Waals surface area (Å²) in [5, 5.41) is 8.03. The Bertz CT molecular complexity index is 1250. The summed E-state index contributed by atoms with van der Waals surface area (Å²) in [4.78, 5) is 39.2. The highest BCUT2D eigenvalue weighted by Crippen LogP contribution is 2.25. The Morgan fingerprint density at radius 2 is 2.06 bits per heavy atom. The van der Waals surface area contributed by atoms with E-state index in [1.807, 2.05) is 11.0 Å². The fourth-order valence-corrected chi connectivity index (χ4v) is 6.06. The number of rotatable bonds is 6. The van der Waals surface area contributed by atoms with Crippen LogP contribution in [-0.4, -0.2) is 83.6 Å². The molecule has 2 aromatic heterocycles. The number of piperidine rings is 1. The quantitative estimate of drug-likeness (QED) is 0.466. The van der Waals surface area contributed by atoms with Crippen LogP contribution >= 0.6 is 22.9 Å². The smallest absolute Gasteiger partial charge is 0.280 e. The first-order valence-corrected chi connectivity index (χ1v) is 12.9. The van der Waals surface area contributed by atoms with E-state index in [1.165, 1.54) is 11.3 Å². The SMILES string of the molecule is CN1CCc2nc(C(=O)N[C@@H]3CN(CCF)CC[C@@H]3NC(=O)c3cc4cc(Cl)ccc4[nH]3)sc2C1. The summed E-state index contributed by atoms with van der Waals surface area (Å²) in [6.07, 6.45) is 1.43. The molecule has 1 aromatic carbocycles. The van der Waals surface area contributed by atoms with E-state index < -0.39 is 6.67 Å². The summed E-state index contributed by atoms with van der Waals surface area (Å²) in [6, 6.07) is 6.50. The van der Waals surface area contributed by atoms with Gasteiger partial charge >= 0.3 is 0 Å². The van der Waals surface area contributed by atoms with Crippen molar-refractivity contribution in [2.24, 2.45) is 0 Å². The Labute approximate surface area is 211 Å². The predicted molar refractivity (Wildman–Crippen MR) is 135 cm³/mol. The predicted octanol–water partition coefficient (Wildman–Crippen LogP) is 2.84. The number of fused-ring (bicyclic) bond motifs is 2. The fraction of sp³-hybridized carbons (Fsp3) is 0.458. The number of benzene rings is 1. The summed E-state index contributed by atoms with van der Waals surface area (Å²) in [5.74, 6) is -0.507. The Kier molecular flexibility index (Phi) is 7.06. The van der Waals surface area contributed by atoms with Crippen molar-refractivity contribution in [3.63, 3.8) is 0 Å². The Morgan fingerprint density at radius 1 is 1.23 bits per heavy atom. The van der Waals surface area contributed by atoms with E-state index in [9.17, 15) is 14.0 Å². The molecule has 0 saturated carbocycles. The minimum atomic E-state index is -0.456. The lowest BCUT2D eigenvalue weighted by atomic mass is 9.98. The molecule has 1 saturated heterocycles. The second-order valence-corrected chi connectivity index (χ2v) is 10.7. The zero-order chi connectivity index (χ0) is 24.5. The van der Waals surface area contributed by atoms with E-state index in [0.717, 1.165) is 41.0 Å². The molecule has 2 amide bonds. The molecule has 3 N–H and O–H groups in total. The third-order valence-corrected chi connectivity index (χ3v) is 7.99. The molecule has 5 rings (SSSR count). The average molecular weight is 519 g/mol. The van der Waals surface area contributed by atoms with Gasteiger partial charge in [-0.2, -0.15) is 0 Å². The molecule has 35 heavy (non-hydrogen) atoms. The number of nitrogens with zero attached hydrogens (tertiary/aromatic N) is 3. The molecule has 0 radical (unpaired) electrons. The molecule has 2 atom stereocenters. The number of H-pyrrole nitrogens is 1. The van der Waals surface area contributed by atoms with Gasteiger partial charge in [0.25, 0.3) is 11.8 Å². The summed E-state index contributed by atoms with van der Waals surface area (Å²) >= 11 is 7.49. The standard InChI is InChI=1S/C24H28ClFN6O2S/c1-31-7-4-18-21(13-31)35-24(30-18)23(34)29-20-12-32(9-6-26)8-5-17(20)28-22(33)19-11-14-10-15(25)2-3-16(14)27-19/h2-3,10-11,17,20,27H,4-9,12-13H2,1H3,(H,28,33)(H,29,34)/t17-,20+/m0/s1. The molecule has 0 aliphatic carbocycles. The highest BCUT2D eigenvalue weighted by Gasteiger charge is 2.33. The number of carbonyl (C=O) groups is 2. The van der Waals surface area contributed by atoms with E-state index in [1.54, 1.807) is 18.2 Å². The number of carbonyl (C=O) groups excluding carboxylic acids is 2. The van der Waals surface area contributed by atoms with Crippen molar-refractivity contribution in [1.29, 1.82) is 0 Å². The number of likely N-dealkylation sites (N-methyl/N-ethyl adjacent to an activating group) is 1. The Morgan fingerprint density at radius 3 is 2.89 bits per heavy atom. The van der Waals surface area contributed by atoms with Crippen molar-refractivity contribution < 1.29 is 14.0 Å². The Hall–Kier alpha value is -2.53. The molecule has 2 aliphatic heterocycles. The van der Waals surface area contributed by atoms with Crippen molar-refractivity contribution in [2.45, 2.75) is 31.5 Å². The van der Waals surface area contributed by atoms with E-state index in [2.05, 4.69) is 32.5 Å². The van der Waals surface area contributed by atoms with Crippen molar-refractivity contribution in [1.82, 2.24) is 30.4 Å². The van der Waals surface area contributed by atoms with Crippen LogP contribution in [0.25, 0.3) is 10.9 Å². The lowest BCUT2D eigenvalue weighted by molar-refractivity contribution is 0.0801. The normalized spacial score (nSPS) is 21.1. The van der Waals surface area contributed by atoms with Crippen molar-refractivity contribution >= 4 is 45.7 Å². The van der Waals surface area contributed by atoms with Crippen LogP contribution in [0.2, 0.25) is 5.02 Å². The molecule has 3 aromatic rings. The molecule has 0 spiro atoms. The number of aromatic nitrogens is 2. The molecule has 4 heterocycles. The van der Waals surface area contributed by atoms with Gasteiger partial charge in [0, 0.05) is 59.9 Å². The molecular formula is C24H28ClFN6O2S. The van der Waals surface area contributed by atoms with Gasteiger partial charge in [-0.1, -0.05) is 11.6 Å². The van der Waals surface area contributed by atoms with Gasteiger partial charge in [-0.05, 0) is 37.7 Å². The molecule has 11 heteroatoms. The topological polar surface area (TPSA) is 93.4 Å². The summed E-state index contributed by atoms with van der Waals surface area (Å²) < 4.78 is 13.0. The van der Waals surface area contributed by atoms with Gasteiger partial charge in [-0.25, -0.2) is 9.37 Å². The third-order valence-electron chi connectivity index (χ3n) is 6.67. The Balaban J connectivity index is 1.31. The van der Waals surface area contributed by atoms with Crippen LogP contribution in [0.5, 0.6) is 0 Å². The number of aromatic amines is 1. The number of likely N-dealkylation sites (tertiary alicyclic amines) is 1. The minimum absolute atomic E-state index is 0.251. The zero-order valence-corrected chi connectivity index (χ0v) is 21.0. The number of halogens is 2. The minimum Gasteiger partial charge on any atom is -0.351 e. The molecule has 8 nitrogen and oxygen atoms in total. The number of alkyl halides is 1. The van der Waals surface area contributed by atoms with Crippen LogP contribution in [0.4, 0.5) is 4.39 Å². The number of hydrogen-bond donors (Lipinski definition) is 3. The maximum atomic E-state index is 13.1. The van der Waals surface area contributed by atoms with Gasteiger partial charge in [-0.3, -0.25) is 14.5 Å². The molecule has 0 unspecified atom stereocenters. The number of hydrogen-bond acceptors (Lipinski definition) is 6. The van der Waals surface area contributed by atoms with Crippen LogP contribution in [0, 0.1) is 0 Å². The largest absolute Gasteiger partial charge is 0.351 e. The first-order valence-electron chi connectivity index (χ1n) is 11.7. The molecular weight excluding hydrogens is 491 g/mol. The van der Waals surface area contributed by atoms with Crippen LogP contribution in [-0.2, 0) is 13.0 Å². The highest BCUT2D eigenvalue weighted by molar-refractivity contribution is 7.13. The second-order valence-electron chi connectivity index (χ2n) is 9.23. The van der Waals surface area contributed by atoms with E-state index in [4.69, 9.17) is 11.6 Å². The maximum absolute atomic E-state index is 13.1. The first-order chi connectivity index (χ1) is 16.9. The van der Waals surface area contributed by atoms with Gasteiger partial charge in [0.05, 0.1) is 17.8 Å². The van der Waals surface area contributed by atoms with E-state index in [-0.39, 0.29) is 23.9 Å². The third kappa shape index (κ3) is 5.35. The van der Waals surface area contributed by atoms with Crippen LogP contribution < -0.4 is 10.6 Å². The number of amides is 2. The maximum Gasteiger partial charge on any atom is 0.280 e. The first kappa shape index (κ1) is 24.2. The summed E-state index contributed by atoms with van der Waals surface area (Å²) in [7, 11) is 2.05. The van der Waals surface area contributed by atoms with Crippen LogP contribution in [0.3, 0.4) is 0 Å². The van der Waals surface area contributed by atoms with Crippen molar-refractivity contribution in [3.8, 4) is 0 Å². The van der Waals surface area contributed by atoms with Gasteiger partial charge in [0.2, 0.25) is 0 Å². The summed E-state index contributed by atoms with van der Waals surface area (Å²) in [5.41, 5.74) is 2.24. The fourth-order valence-electron chi connectivity index (χ4n) is 4.78. The monoisotopic (exact) mass is 518 g/mol. The molecule has 2 aliphatic rings. The molecule has 1 fully saturated rings. The van der Waals surface area contributed by atoms with Crippen LogP contribution in [0.1, 0.15) is 37.3 Å². The molecule has 186 valence electrons. The highest BCUT2D eigenvalue weighted by atomic mass is 35.5. The average Bonchev–Trinajstić information content (AvgIpc) is 3.44. The van der Waals surface area contributed by atoms with E-state index >= 15 is 0 Å². The summed E-state index contributed by atoms with van der Waals surface area (Å²) in [6.45, 7) is 2.66. The lowest BCUT2D eigenvalue weighted by Gasteiger charge is -2.38.